The second kappa shape index (κ2) is 9.66. The van der Waals surface area contributed by atoms with Crippen LogP contribution in [0.15, 0.2) is 18.2 Å². The molecule has 3 N–H and O–H groups in total. The number of methoxy groups -OCH3 is 2. The Hall–Kier alpha value is -3.45. The third kappa shape index (κ3) is 5.46. The first-order valence-corrected chi connectivity index (χ1v) is 10.6. The van der Waals surface area contributed by atoms with Crippen molar-refractivity contribution in [3.05, 3.63) is 35.5 Å². The molecule has 0 saturated carbocycles. The quantitative estimate of drug-likeness (QED) is 0.458. The molecule has 188 valence electrons. The summed E-state index contributed by atoms with van der Waals surface area (Å²) in [5.74, 6) is 1.35. The summed E-state index contributed by atoms with van der Waals surface area (Å²) in [7, 11) is 3.14. The molecule has 13 heteroatoms. The van der Waals surface area contributed by atoms with Gasteiger partial charge < -0.3 is 30.0 Å². The van der Waals surface area contributed by atoms with Crippen LogP contribution in [0.25, 0.3) is 10.9 Å². The van der Waals surface area contributed by atoms with Crippen molar-refractivity contribution in [2.75, 3.05) is 51.7 Å². The molecule has 0 amide bonds. The van der Waals surface area contributed by atoms with Crippen molar-refractivity contribution >= 4 is 22.5 Å². The maximum Gasteiger partial charge on any atom is 0.433 e. The SMILES string of the molecule is COCC1(COc2cc3c(NCc4nc(N)cc(C(F)(F)F)n4)nc(C)nc3cc2OC)COC1. The summed E-state index contributed by atoms with van der Waals surface area (Å²) >= 11 is 0. The van der Waals surface area contributed by atoms with Gasteiger partial charge in [-0.1, -0.05) is 0 Å². The van der Waals surface area contributed by atoms with Gasteiger partial charge in [-0.2, -0.15) is 13.2 Å². The van der Waals surface area contributed by atoms with Crippen molar-refractivity contribution in [2.24, 2.45) is 5.41 Å². The highest BCUT2D eigenvalue weighted by atomic mass is 19.4. The normalized spacial score (nSPS) is 15.0. The number of nitrogens with one attached hydrogen (secondary N) is 1. The summed E-state index contributed by atoms with van der Waals surface area (Å²) in [6.45, 7) is 3.42. The van der Waals surface area contributed by atoms with E-state index in [0.29, 0.717) is 66.5 Å². The maximum absolute atomic E-state index is 13.1. The molecule has 35 heavy (non-hydrogen) atoms. The summed E-state index contributed by atoms with van der Waals surface area (Å²) in [5.41, 5.74) is 4.74. The number of halogens is 3. The molecular formula is C22H25F3N6O4. The van der Waals surface area contributed by atoms with Gasteiger partial charge in [0.1, 0.15) is 35.6 Å². The molecule has 1 aliphatic heterocycles. The van der Waals surface area contributed by atoms with Crippen molar-refractivity contribution < 1.29 is 32.1 Å². The molecule has 0 spiro atoms. The number of rotatable bonds is 9. The monoisotopic (exact) mass is 494 g/mol. The molecule has 1 aliphatic rings. The lowest BCUT2D eigenvalue weighted by atomic mass is 9.88. The van der Waals surface area contributed by atoms with Gasteiger partial charge in [0.05, 0.1) is 44.4 Å². The molecule has 0 atom stereocenters. The van der Waals surface area contributed by atoms with E-state index in [4.69, 9.17) is 24.7 Å². The Morgan fingerprint density at radius 3 is 2.46 bits per heavy atom. The summed E-state index contributed by atoms with van der Waals surface area (Å²) in [6.07, 6.45) is -4.64. The minimum atomic E-state index is -4.64. The van der Waals surface area contributed by atoms with E-state index in [2.05, 4.69) is 25.3 Å². The number of fused-ring (bicyclic) bond motifs is 1. The van der Waals surface area contributed by atoms with E-state index in [1.54, 1.807) is 26.2 Å². The van der Waals surface area contributed by atoms with Crippen LogP contribution in [0.4, 0.5) is 24.8 Å². The van der Waals surface area contributed by atoms with Gasteiger partial charge in [0.2, 0.25) is 0 Å². The van der Waals surface area contributed by atoms with Crippen LogP contribution in [-0.2, 0) is 22.2 Å². The molecule has 3 aromatic rings. The van der Waals surface area contributed by atoms with Crippen LogP contribution in [-0.4, -0.2) is 60.6 Å². The highest BCUT2D eigenvalue weighted by Crippen LogP contribution is 2.37. The zero-order valence-corrected chi connectivity index (χ0v) is 19.4. The number of aromatic nitrogens is 4. The number of hydrogen-bond acceptors (Lipinski definition) is 10. The van der Waals surface area contributed by atoms with Gasteiger partial charge in [0, 0.05) is 24.6 Å². The number of nitrogens with zero attached hydrogens (tertiary/aromatic N) is 4. The van der Waals surface area contributed by atoms with Crippen molar-refractivity contribution in [3.8, 4) is 11.5 Å². The van der Waals surface area contributed by atoms with Crippen molar-refractivity contribution in [3.63, 3.8) is 0 Å². The Morgan fingerprint density at radius 2 is 1.83 bits per heavy atom. The Morgan fingerprint density at radius 1 is 1.06 bits per heavy atom. The topological polar surface area (TPSA) is 127 Å². The zero-order valence-electron chi connectivity index (χ0n) is 19.4. The highest BCUT2D eigenvalue weighted by molar-refractivity contribution is 5.91. The van der Waals surface area contributed by atoms with E-state index in [9.17, 15) is 13.2 Å². The van der Waals surface area contributed by atoms with Crippen LogP contribution in [0.1, 0.15) is 17.3 Å². The predicted molar refractivity (Wildman–Crippen MR) is 120 cm³/mol. The molecule has 4 rings (SSSR count). The first-order chi connectivity index (χ1) is 16.6. The van der Waals surface area contributed by atoms with Gasteiger partial charge in [-0.15, -0.1) is 0 Å². The van der Waals surface area contributed by atoms with Gasteiger partial charge in [-0.25, -0.2) is 19.9 Å². The minimum absolute atomic E-state index is 0.127. The summed E-state index contributed by atoms with van der Waals surface area (Å²) in [5, 5.41) is 3.58. The molecule has 0 aliphatic carbocycles. The summed E-state index contributed by atoms with van der Waals surface area (Å²) in [4.78, 5) is 16.3. The molecule has 1 saturated heterocycles. The van der Waals surface area contributed by atoms with Crippen LogP contribution in [0, 0.1) is 12.3 Å². The molecule has 1 aromatic carbocycles. The first kappa shape index (κ1) is 24.7. The summed E-state index contributed by atoms with van der Waals surface area (Å²) < 4.78 is 61.5. The van der Waals surface area contributed by atoms with Crippen LogP contribution in [0.3, 0.4) is 0 Å². The number of nitrogens with two attached hydrogens (primary N) is 1. The van der Waals surface area contributed by atoms with Gasteiger partial charge >= 0.3 is 6.18 Å². The maximum atomic E-state index is 13.1. The van der Waals surface area contributed by atoms with Crippen molar-refractivity contribution in [2.45, 2.75) is 19.6 Å². The smallest absolute Gasteiger partial charge is 0.433 e. The molecule has 2 aromatic heterocycles. The second-order valence-corrected chi connectivity index (χ2v) is 8.30. The Labute approximate surface area is 199 Å². The molecular weight excluding hydrogens is 469 g/mol. The van der Waals surface area contributed by atoms with Gasteiger partial charge in [-0.05, 0) is 13.0 Å². The minimum Gasteiger partial charge on any atom is -0.493 e. The van der Waals surface area contributed by atoms with Crippen LogP contribution < -0.4 is 20.5 Å². The van der Waals surface area contributed by atoms with Crippen LogP contribution in [0.2, 0.25) is 0 Å². The fourth-order valence-electron chi connectivity index (χ4n) is 3.70. The number of hydrogen-bond donors (Lipinski definition) is 2. The number of alkyl halides is 3. The van der Waals surface area contributed by atoms with E-state index >= 15 is 0 Å². The average Bonchev–Trinajstić information content (AvgIpc) is 2.77. The van der Waals surface area contributed by atoms with E-state index in [-0.39, 0.29) is 23.6 Å². The van der Waals surface area contributed by atoms with Crippen molar-refractivity contribution in [1.82, 2.24) is 19.9 Å². The lowest BCUT2D eigenvalue weighted by molar-refractivity contribution is -0.159. The van der Waals surface area contributed by atoms with Gasteiger partial charge in [-0.3, -0.25) is 0 Å². The number of aryl methyl sites for hydroxylation is 1. The fraction of sp³-hybridized carbons (Fsp3) is 0.455. The van der Waals surface area contributed by atoms with E-state index < -0.39 is 11.9 Å². The molecule has 0 radical (unpaired) electrons. The molecule has 0 unspecified atom stereocenters. The molecule has 3 heterocycles. The Balaban J connectivity index is 1.63. The Bertz CT molecular complexity index is 1220. The van der Waals surface area contributed by atoms with Crippen LogP contribution >= 0.6 is 0 Å². The number of anilines is 2. The number of ether oxygens (including phenoxy) is 4. The average molecular weight is 494 g/mol. The number of nitrogen functional groups attached to an aromatic ring is 1. The van der Waals surface area contributed by atoms with Crippen molar-refractivity contribution in [1.29, 1.82) is 0 Å². The predicted octanol–water partition coefficient (Wildman–Crippen LogP) is 2.99. The summed E-state index contributed by atoms with van der Waals surface area (Å²) in [6, 6.07) is 4.12. The fourth-order valence-corrected chi connectivity index (χ4v) is 3.70. The standard InChI is InChI=1S/C22H25F3N6O4/c1-12-28-14-5-15(33-3)16(35-11-21(8-32-2)9-34-10-21)4-13(14)20(29-12)27-7-19-30-17(22(23,24)25)6-18(26)31-19/h4-6H,7-11H2,1-3H3,(H2,26,30,31)(H,27,28,29). The molecule has 0 bridgehead atoms. The van der Waals surface area contributed by atoms with Gasteiger partial charge in [0.25, 0.3) is 0 Å². The number of benzene rings is 1. The third-order valence-corrected chi connectivity index (χ3v) is 5.39. The largest absolute Gasteiger partial charge is 0.493 e. The lowest BCUT2D eigenvalue weighted by Crippen LogP contribution is -2.50. The van der Waals surface area contributed by atoms with E-state index in [1.165, 1.54) is 7.11 Å². The van der Waals surface area contributed by atoms with E-state index in [0.717, 1.165) is 0 Å². The van der Waals surface area contributed by atoms with Gasteiger partial charge in [0.15, 0.2) is 11.5 Å². The highest BCUT2D eigenvalue weighted by Gasteiger charge is 2.40. The second-order valence-electron chi connectivity index (χ2n) is 8.30. The molecule has 10 nitrogen and oxygen atoms in total. The first-order valence-electron chi connectivity index (χ1n) is 10.6. The lowest BCUT2D eigenvalue weighted by Gasteiger charge is -2.40. The third-order valence-electron chi connectivity index (χ3n) is 5.39. The van der Waals surface area contributed by atoms with E-state index in [1.807, 2.05) is 0 Å². The Kier molecular flexibility index (Phi) is 6.81. The molecule has 1 fully saturated rings. The van der Waals surface area contributed by atoms with Crippen LogP contribution in [0.5, 0.6) is 11.5 Å². The zero-order chi connectivity index (χ0) is 25.2.